The van der Waals surface area contributed by atoms with Crippen LogP contribution in [0.15, 0.2) is 24.3 Å². The second kappa shape index (κ2) is 7.61. The number of carbonyl (C=O) groups excluding carboxylic acids is 2. The smallest absolute Gasteiger partial charge is 0.281 e. The van der Waals surface area contributed by atoms with Gasteiger partial charge in [0, 0.05) is 24.5 Å². The molecule has 0 radical (unpaired) electrons. The topological polar surface area (TPSA) is 77.1 Å². The van der Waals surface area contributed by atoms with Crippen LogP contribution in [0.2, 0.25) is 5.02 Å². The Bertz CT molecular complexity index is 550. The highest BCUT2D eigenvalue weighted by molar-refractivity contribution is 6.30. The maximum atomic E-state index is 12.4. The highest BCUT2D eigenvalue weighted by Crippen LogP contribution is 2.19. The average molecular weight is 325 g/mol. The molecule has 6 heteroatoms. The number of halogens is 1. The first-order chi connectivity index (χ1) is 10.5. The van der Waals surface area contributed by atoms with Crippen LogP contribution in [0.5, 0.6) is 0 Å². The number of nitrogens with one attached hydrogen (secondary N) is 1. The fourth-order valence-electron chi connectivity index (χ4n) is 2.67. The molecule has 2 atom stereocenters. The molecule has 2 amide bonds. The lowest BCUT2D eigenvalue weighted by Gasteiger charge is -2.25. The number of quaternary nitrogens is 1. The van der Waals surface area contributed by atoms with Gasteiger partial charge in [-0.25, -0.2) is 0 Å². The molecule has 0 bridgehead atoms. The number of nitrogens with zero attached hydrogens (tertiary/aromatic N) is 1. The van der Waals surface area contributed by atoms with E-state index < -0.39 is 0 Å². The summed E-state index contributed by atoms with van der Waals surface area (Å²) in [5.41, 5.74) is 4.81. The number of rotatable bonds is 5. The third-order valence-corrected chi connectivity index (χ3v) is 4.27. The third-order valence-electron chi connectivity index (χ3n) is 4.04. The number of likely N-dealkylation sites (tertiary alicyclic amines) is 1. The van der Waals surface area contributed by atoms with Crippen LogP contribution in [-0.2, 0) is 16.1 Å². The normalized spacial score (nSPS) is 19.0. The van der Waals surface area contributed by atoms with Crippen molar-refractivity contribution in [2.45, 2.75) is 44.8 Å². The second-order valence-corrected chi connectivity index (χ2v) is 6.08. The largest absolute Gasteiger partial charge is 0.350 e. The van der Waals surface area contributed by atoms with Gasteiger partial charge in [0.15, 0.2) is 6.04 Å². The van der Waals surface area contributed by atoms with E-state index >= 15 is 0 Å². The van der Waals surface area contributed by atoms with Crippen molar-refractivity contribution in [3.63, 3.8) is 0 Å². The molecule has 1 fully saturated rings. The van der Waals surface area contributed by atoms with Crippen LogP contribution in [0.25, 0.3) is 0 Å². The monoisotopic (exact) mass is 324 g/mol. The van der Waals surface area contributed by atoms with Crippen LogP contribution in [0.3, 0.4) is 0 Å². The molecule has 1 aromatic carbocycles. The van der Waals surface area contributed by atoms with E-state index in [1.807, 2.05) is 25.1 Å². The molecule has 2 rings (SSSR count). The van der Waals surface area contributed by atoms with Crippen molar-refractivity contribution in [2.75, 3.05) is 6.54 Å². The van der Waals surface area contributed by atoms with Gasteiger partial charge < -0.3 is 16.0 Å². The zero-order valence-electron chi connectivity index (χ0n) is 12.8. The van der Waals surface area contributed by atoms with Crippen molar-refractivity contribution in [3.8, 4) is 0 Å². The Morgan fingerprint density at radius 1 is 1.50 bits per heavy atom. The predicted octanol–water partition coefficient (Wildman–Crippen LogP) is 0.968. The maximum absolute atomic E-state index is 12.4. The molecule has 1 heterocycles. The summed E-state index contributed by atoms with van der Waals surface area (Å²) < 4.78 is 0. The van der Waals surface area contributed by atoms with Gasteiger partial charge in [0.05, 0.1) is 0 Å². The maximum Gasteiger partial charge on any atom is 0.281 e. The SMILES string of the molecule is CC[C@@H]([NH3+])C(=O)N1CCC[C@H]1C(=O)NCc1cccc(Cl)c1. The molecule has 0 spiro atoms. The summed E-state index contributed by atoms with van der Waals surface area (Å²) in [5.74, 6) is -0.128. The summed E-state index contributed by atoms with van der Waals surface area (Å²) in [6.45, 7) is 2.99. The van der Waals surface area contributed by atoms with Gasteiger partial charge in [-0.15, -0.1) is 0 Å². The van der Waals surface area contributed by atoms with Crippen LogP contribution >= 0.6 is 11.6 Å². The standard InChI is InChI=1S/C16H22ClN3O2/c1-2-13(18)16(22)20-8-4-7-14(20)15(21)19-10-11-5-3-6-12(17)9-11/h3,5-6,9,13-14H,2,4,7-8,10,18H2,1H3,(H,19,21)/p+1/t13-,14+/m1/s1. The molecule has 1 aliphatic heterocycles. The van der Waals surface area contributed by atoms with Crippen LogP contribution < -0.4 is 11.1 Å². The van der Waals surface area contributed by atoms with Gasteiger partial charge in [0.2, 0.25) is 5.91 Å². The Balaban J connectivity index is 1.95. The van der Waals surface area contributed by atoms with Crippen LogP contribution in [0.1, 0.15) is 31.7 Å². The molecule has 1 aromatic rings. The van der Waals surface area contributed by atoms with E-state index in [-0.39, 0.29) is 23.9 Å². The molecule has 22 heavy (non-hydrogen) atoms. The number of benzene rings is 1. The van der Waals surface area contributed by atoms with E-state index in [9.17, 15) is 9.59 Å². The summed E-state index contributed by atoms with van der Waals surface area (Å²) in [5, 5.41) is 3.54. The molecular formula is C16H23ClN3O2+. The summed E-state index contributed by atoms with van der Waals surface area (Å²) in [7, 11) is 0. The molecule has 4 N–H and O–H groups in total. The molecule has 120 valence electrons. The van der Waals surface area contributed by atoms with E-state index in [0.717, 1.165) is 12.0 Å². The molecule has 0 saturated carbocycles. The van der Waals surface area contributed by atoms with Crippen molar-refractivity contribution >= 4 is 23.4 Å². The van der Waals surface area contributed by atoms with E-state index in [1.165, 1.54) is 0 Å². The van der Waals surface area contributed by atoms with Gasteiger partial charge in [0.1, 0.15) is 6.04 Å². The Morgan fingerprint density at radius 2 is 2.27 bits per heavy atom. The van der Waals surface area contributed by atoms with Crippen LogP contribution in [0, 0.1) is 0 Å². The van der Waals surface area contributed by atoms with Crippen LogP contribution in [-0.4, -0.2) is 35.3 Å². The molecule has 0 unspecified atom stereocenters. The fraction of sp³-hybridized carbons (Fsp3) is 0.500. The fourth-order valence-corrected chi connectivity index (χ4v) is 2.88. The van der Waals surface area contributed by atoms with Gasteiger partial charge in [0.25, 0.3) is 5.91 Å². The van der Waals surface area contributed by atoms with Gasteiger partial charge in [-0.3, -0.25) is 9.59 Å². The van der Waals surface area contributed by atoms with Gasteiger partial charge in [-0.2, -0.15) is 0 Å². The molecule has 0 aromatic heterocycles. The second-order valence-electron chi connectivity index (χ2n) is 5.64. The van der Waals surface area contributed by atoms with E-state index in [0.29, 0.717) is 31.0 Å². The first-order valence-corrected chi connectivity index (χ1v) is 8.06. The molecular weight excluding hydrogens is 302 g/mol. The van der Waals surface area contributed by atoms with Gasteiger partial charge >= 0.3 is 0 Å². The Labute approximate surface area is 135 Å². The van der Waals surface area contributed by atoms with Crippen LogP contribution in [0.4, 0.5) is 0 Å². The average Bonchev–Trinajstić information content (AvgIpc) is 3.00. The minimum Gasteiger partial charge on any atom is -0.350 e. The van der Waals surface area contributed by atoms with E-state index in [4.69, 9.17) is 11.6 Å². The molecule has 1 aliphatic rings. The van der Waals surface area contributed by atoms with Gasteiger partial charge in [-0.05, 0) is 30.5 Å². The first kappa shape index (κ1) is 16.8. The Hall–Kier alpha value is -1.59. The quantitative estimate of drug-likeness (QED) is 0.846. The molecule has 0 aliphatic carbocycles. The first-order valence-electron chi connectivity index (χ1n) is 7.68. The van der Waals surface area contributed by atoms with E-state index in [1.54, 1.807) is 11.0 Å². The number of amides is 2. The summed E-state index contributed by atoms with van der Waals surface area (Å²) in [4.78, 5) is 26.3. The zero-order valence-corrected chi connectivity index (χ0v) is 13.6. The van der Waals surface area contributed by atoms with E-state index in [2.05, 4.69) is 11.1 Å². The summed E-state index contributed by atoms with van der Waals surface area (Å²) in [6, 6.07) is 6.73. The Morgan fingerprint density at radius 3 is 2.95 bits per heavy atom. The van der Waals surface area contributed by atoms with Crippen molar-refractivity contribution in [3.05, 3.63) is 34.9 Å². The molecule has 1 saturated heterocycles. The minimum absolute atomic E-state index is 0.0251. The highest BCUT2D eigenvalue weighted by Gasteiger charge is 2.36. The third kappa shape index (κ3) is 3.99. The summed E-state index contributed by atoms with van der Waals surface area (Å²) in [6.07, 6.45) is 2.26. The van der Waals surface area contributed by atoms with Crippen molar-refractivity contribution in [1.82, 2.24) is 10.2 Å². The van der Waals surface area contributed by atoms with Crippen molar-refractivity contribution in [2.24, 2.45) is 0 Å². The van der Waals surface area contributed by atoms with Crippen molar-refractivity contribution in [1.29, 1.82) is 0 Å². The molecule has 5 nitrogen and oxygen atoms in total. The minimum atomic E-state index is -0.373. The lowest BCUT2D eigenvalue weighted by molar-refractivity contribution is -0.406. The Kier molecular flexibility index (Phi) is 5.80. The van der Waals surface area contributed by atoms with Crippen molar-refractivity contribution < 1.29 is 15.3 Å². The number of hydrogen-bond donors (Lipinski definition) is 2. The summed E-state index contributed by atoms with van der Waals surface area (Å²) >= 11 is 5.93. The predicted molar refractivity (Wildman–Crippen MR) is 85.0 cm³/mol. The zero-order chi connectivity index (χ0) is 16.1. The van der Waals surface area contributed by atoms with Gasteiger partial charge in [-0.1, -0.05) is 30.7 Å². The lowest BCUT2D eigenvalue weighted by Crippen LogP contribution is -2.68. The number of carbonyl (C=O) groups is 2. The highest BCUT2D eigenvalue weighted by atomic mass is 35.5. The number of hydrogen-bond acceptors (Lipinski definition) is 2. The lowest BCUT2D eigenvalue weighted by atomic mass is 10.1.